The Kier molecular flexibility index (Phi) is 5.54. The van der Waals surface area contributed by atoms with Crippen molar-refractivity contribution in [1.82, 2.24) is 0 Å². The van der Waals surface area contributed by atoms with E-state index in [9.17, 15) is 10.2 Å². The molecule has 0 bridgehead atoms. The van der Waals surface area contributed by atoms with Crippen molar-refractivity contribution in [3.05, 3.63) is 71.8 Å². The van der Waals surface area contributed by atoms with E-state index in [1.165, 1.54) is 0 Å². The fourth-order valence-electron chi connectivity index (χ4n) is 2.78. The highest BCUT2D eigenvalue weighted by Crippen LogP contribution is 2.27. The summed E-state index contributed by atoms with van der Waals surface area (Å²) in [6, 6.07) is 19.7. The summed E-state index contributed by atoms with van der Waals surface area (Å²) in [6.45, 7) is 2.08. The minimum atomic E-state index is -1.67. The van der Waals surface area contributed by atoms with Crippen LogP contribution in [0.2, 0.25) is 0 Å². The molecule has 0 heterocycles. The molecule has 112 valence electrons. The molecule has 2 aromatic rings. The average molecular weight is 284 g/mol. The molecule has 2 N–H and O–H groups in total. The first-order valence-corrected chi connectivity index (χ1v) is 7.64. The van der Waals surface area contributed by atoms with E-state index in [1.54, 1.807) is 0 Å². The van der Waals surface area contributed by atoms with Gasteiger partial charge in [0.1, 0.15) is 0 Å². The zero-order valence-electron chi connectivity index (χ0n) is 12.6. The monoisotopic (exact) mass is 284 g/mol. The second-order valence-corrected chi connectivity index (χ2v) is 5.72. The molecule has 0 amide bonds. The first-order valence-electron chi connectivity index (χ1n) is 7.64. The van der Waals surface area contributed by atoms with Gasteiger partial charge in [-0.25, -0.2) is 0 Å². The van der Waals surface area contributed by atoms with Gasteiger partial charge in [-0.3, -0.25) is 0 Å². The first kappa shape index (κ1) is 15.7. The van der Waals surface area contributed by atoms with Crippen LogP contribution in [-0.2, 0) is 12.8 Å². The SMILES string of the molecule is CCCC(Cc1ccccc1)C(O)(O)Cc1ccccc1. The first-order chi connectivity index (χ1) is 10.1. The van der Waals surface area contributed by atoms with Gasteiger partial charge in [0.15, 0.2) is 5.79 Å². The molecule has 0 aliphatic heterocycles. The molecule has 0 saturated carbocycles. The predicted octanol–water partition coefficient (Wildman–Crippen LogP) is 3.57. The van der Waals surface area contributed by atoms with Gasteiger partial charge in [-0.15, -0.1) is 0 Å². The molecular formula is C19H24O2. The molecule has 2 rings (SSSR count). The number of hydrogen-bond donors (Lipinski definition) is 2. The van der Waals surface area contributed by atoms with Gasteiger partial charge in [-0.2, -0.15) is 0 Å². The van der Waals surface area contributed by atoms with Crippen molar-refractivity contribution in [3.63, 3.8) is 0 Å². The van der Waals surface area contributed by atoms with Crippen LogP contribution in [-0.4, -0.2) is 16.0 Å². The second kappa shape index (κ2) is 7.39. The Labute approximate surface area is 127 Å². The zero-order chi connectivity index (χ0) is 15.1. The number of rotatable bonds is 7. The quantitative estimate of drug-likeness (QED) is 0.763. The van der Waals surface area contributed by atoms with Crippen LogP contribution in [0.1, 0.15) is 30.9 Å². The summed E-state index contributed by atoms with van der Waals surface area (Å²) < 4.78 is 0. The minimum Gasteiger partial charge on any atom is -0.365 e. The minimum absolute atomic E-state index is 0.162. The summed E-state index contributed by atoms with van der Waals surface area (Å²) >= 11 is 0. The molecule has 21 heavy (non-hydrogen) atoms. The van der Waals surface area contributed by atoms with Gasteiger partial charge in [-0.1, -0.05) is 74.0 Å². The Hall–Kier alpha value is -1.64. The Morgan fingerprint density at radius 3 is 1.90 bits per heavy atom. The smallest absolute Gasteiger partial charge is 0.169 e. The topological polar surface area (TPSA) is 40.5 Å². The molecule has 1 atom stereocenters. The van der Waals surface area contributed by atoms with Crippen LogP contribution in [0.5, 0.6) is 0 Å². The summed E-state index contributed by atoms with van der Waals surface area (Å²) in [5, 5.41) is 21.2. The normalized spacial score (nSPS) is 13.1. The maximum atomic E-state index is 10.6. The van der Waals surface area contributed by atoms with E-state index in [4.69, 9.17) is 0 Å². The van der Waals surface area contributed by atoms with Crippen LogP contribution < -0.4 is 0 Å². The summed E-state index contributed by atoms with van der Waals surface area (Å²) in [6.07, 6.45) is 2.70. The maximum absolute atomic E-state index is 10.6. The summed E-state index contributed by atoms with van der Waals surface area (Å²) in [5.74, 6) is -1.84. The molecule has 0 radical (unpaired) electrons. The summed E-state index contributed by atoms with van der Waals surface area (Å²) in [4.78, 5) is 0. The standard InChI is InChI=1S/C19H24O2/c1-2-9-18(14-16-10-5-3-6-11-16)19(20,21)15-17-12-7-4-8-13-17/h3-8,10-13,18,20-21H,2,9,14-15H2,1H3. The molecule has 0 spiro atoms. The Bertz CT molecular complexity index is 520. The van der Waals surface area contributed by atoms with E-state index < -0.39 is 5.79 Å². The van der Waals surface area contributed by atoms with Gasteiger partial charge in [-0.05, 0) is 24.0 Å². The average Bonchev–Trinajstić information content (AvgIpc) is 2.48. The maximum Gasteiger partial charge on any atom is 0.169 e. The van der Waals surface area contributed by atoms with E-state index in [1.807, 2.05) is 60.7 Å². The second-order valence-electron chi connectivity index (χ2n) is 5.72. The number of benzene rings is 2. The molecule has 0 saturated heterocycles. The van der Waals surface area contributed by atoms with Crippen molar-refractivity contribution < 1.29 is 10.2 Å². The van der Waals surface area contributed by atoms with Crippen LogP contribution >= 0.6 is 0 Å². The Morgan fingerprint density at radius 2 is 1.38 bits per heavy atom. The fraction of sp³-hybridized carbons (Fsp3) is 0.368. The molecule has 2 heteroatoms. The van der Waals surface area contributed by atoms with E-state index >= 15 is 0 Å². The van der Waals surface area contributed by atoms with Crippen LogP contribution in [0.15, 0.2) is 60.7 Å². The van der Waals surface area contributed by atoms with Crippen molar-refractivity contribution in [2.45, 2.75) is 38.4 Å². The number of hydrogen-bond acceptors (Lipinski definition) is 2. The molecule has 0 aromatic heterocycles. The van der Waals surface area contributed by atoms with Crippen LogP contribution in [0.3, 0.4) is 0 Å². The van der Waals surface area contributed by atoms with Gasteiger partial charge in [0, 0.05) is 12.3 Å². The van der Waals surface area contributed by atoms with Gasteiger partial charge in [0.05, 0.1) is 0 Å². The summed E-state index contributed by atoms with van der Waals surface area (Å²) in [5.41, 5.74) is 2.10. The van der Waals surface area contributed by atoms with E-state index in [0.29, 0.717) is 6.42 Å². The van der Waals surface area contributed by atoms with Gasteiger partial charge >= 0.3 is 0 Å². The van der Waals surface area contributed by atoms with Crippen molar-refractivity contribution in [2.75, 3.05) is 0 Å². The lowest BCUT2D eigenvalue weighted by Gasteiger charge is -2.31. The van der Waals surface area contributed by atoms with Gasteiger partial charge < -0.3 is 10.2 Å². The van der Waals surface area contributed by atoms with E-state index in [-0.39, 0.29) is 12.3 Å². The third-order valence-electron chi connectivity index (χ3n) is 3.92. The Morgan fingerprint density at radius 1 is 0.857 bits per heavy atom. The largest absolute Gasteiger partial charge is 0.365 e. The van der Waals surface area contributed by atoms with Crippen molar-refractivity contribution in [2.24, 2.45) is 5.92 Å². The van der Waals surface area contributed by atoms with Gasteiger partial charge in [0.25, 0.3) is 0 Å². The lowest BCUT2D eigenvalue weighted by Crippen LogP contribution is -2.41. The lowest BCUT2D eigenvalue weighted by atomic mass is 9.84. The van der Waals surface area contributed by atoms with E-state index in [0.717, 1.165) is 24.0 Å². The van der Waals surface area contributed by atoms with Crippen molar-refractivity contribution in [1.29, 1.82) is 0 Å². The highest BCUT2D eigenvalue weighted by molar-refractivity contribution is 5.18. The molecule has 2 aromatic carbocycles. The van der Waals surface area contributed by atoms with Crippen molar-refractivity contribution in [3.8, 4) is 0 Å². The number of aliphatic hydroxyl groups is 2. The molecule has 0 fully saturated rings. The van der Waals surface area contributed by atoms with Crippen molar-refractivity contribution >= 4 is 0 Å². The van der Waals surface area contributed by atoms with E-state index in [2.05, 4.69) is 6.92 Å². The predicted molar refractivity (Wildman–Crippen MR) is 85.9 cm³/mol. The third kappa shape index (κ3) is 4.69. The molecule has 1 unspecified atom stereocenters. The van der Waals surface area contributed by atoms with Gasteiger partial charge in [0.2, 0.25) is 0 Å². The molecule has 0 aliphatic carbocycles. The Balaban J connectivity index is 2.11. The highest BCUT2D eigenvalue weighted by Gasteiger charge is 2.33. The van der Waals surface area contributed by atoms with Crippen LogP contribution in [0, 0.1) is 5.92 Å². The molecule has 0 aliphatic rings. The third-order valence-corrected chi connectivity index (χ3v) is 3.92. The van der Waals surface area contributed by atoms with Crippen LogP contribution in [0.4, 0.5) is 0 Å². The zero-order valence-corrected chi connectivity index (χ0v) is 12.6. The van der Waals surface area contributed by atoms with Crippen LogP contribution in [0.25, 0.3) is 0 Å². The molecule has 2 nitrogen and oxygen atoms in total. The fourth-order valence-corrected chi connectivity index (χ4v) is 2.78. The summed E-state index contributed by atoms with van der Waals surface area (Å²) in [7, 11) is 0. The molecular weight excluding hydrogens is 260 g/mol. The lowest BCUT2D eigenvalue weighted by molar-refractivity contribution is -0.200. The highest BCUT2D eigenvalue weighted by atomic mass is 16.5.